The van der Waals surface area contributed by atoms with E-state index >= 15 is 0 Å². The molecule has 0 saturated heterocycles. The number of hydrogen-bond acceptors (Lipinski definition) is 0. The molecule has 0 saturated carbocycles. The molecular formula is C21H22SiZr. The van der Waals surface area contributed by atoms with E-state index < -0.39 is 8.07 Å². The SMILES string of the molecule is C[Si](C)(C)c1c[cH-]c2ccccc12.[Zr+2].c1ccc2[cH-]ccc2c1. The molecule has 0 bridgehead atoms. The molecule has 0 aliphatic carbocycles. The zero-order valence-electron chi connectivity index (χ0n) is 14.0. The standard InChI is InChI=1S/C12H15Si.C9H7.Zr/c1-13(2,3)12-9-8-10-6-4-5-7-11(10)12;1-2-5-9-7-3-6-8(9)4-1;/h4-9H,1-3H3;1-7H;/q2*-1;+2. The summed E-state index contributed by atoms with van der Waals surface area (Å²) in [5.41, 5.74) is 0. The first-order valence-corrected chi connectivity index (χ1v) is 11.3. The molecule has 0 fully saturated rings. The maximum absolute atomic E-state index is 2.40. The van der Waals surface area contributed by atoms with Gasteiger partial charge < -0.3 is 0 Å². The van der Waals surface area contributed by atoms with E-state index in [1.165, 1.54) is 21.5 Å². The van der Waals surface area contributed by atoms with Gasteiger partial charge in [0.15, 0.2) is 0 Å². The van der Waals surface area contributed by atoms with E-state index in [1.807, 2.05) is 0 Å². The molecule has 0 atom stereocenters. The number of benzene rings is 2. The molecule has 2 heteroatoms. The minimum atomic E-state index is -1.15. The summed E-state index contributed by atoms with van der Waals surface area (Å²) in [4.78, 5) is 0. The molecule has 0 aromatic heterocycles. The smallest absolute Gasteiger partial charge is 0.168 e. The van der Waals surface area contributed by atoms with Gasteiger partial charge in [-0.1, -0.05) is 31.8 Å². The molecule has 23 heavy (non-hydrogen) atoms. The van der Waals surface area contributed by atoms with Gasteiger partial charge in [0.05, 0.1) is 0 Å². The topological polar surface area (TPSA) is 0 Å². The van der Waals surface area contributed by atoms with Crippen LogP contribution in [-0.4, -0.2) is 8.07 Å². The summed E-state index contributed by atoms with van der Waals surface area (Å²) in [5, 5.41) is 7.10. The van der Waals surface area contributed by atoms with Crippen molar-refractivity contribution >= 4 is 34.8 Å². The molecule has 0 aliphatic rings. The minimum absolute atomic E-state index is 0. The van der Waals surface area contributed by atoms with E-state index in [-0.39, 0.29) is 26.2 Å². The predicted octanol–water partition coefficient (Wildman–Crippen LogP) is 5.66. The van der Waals surface area contributed by atoms with Gasteiger partial charge in [-0.3, -0.25) is 0 Å². The zero-order chi connectivity index (χ0) is 15.6. The fourth-order valence-corrected chi connectivity index (χ4v) is 4.49. The normalized spacial score (nSPS) is 10.9. The molecule has 114 valence electrons. The molecule has 0 aliphatic heterocycles. The predicted molar refractivity (Wildman–Crippen MR) is 102 cm³/mol. The largest absolute Gasteiger partial charge is 2.00 e. The molecule has 0 N–H and O–H groups in total. The second kappa shape index (κ2) is 7.55. The Bertz CT molecular complexity index is 847. The van der Waals surface area contributed by atoms with Gasteiger partial charge in [0.1, 0.15) is 0 Å². The van der Waals surface area contributed by atoms with Crippen molar-refractivity contribution in [1.29, 1.82) is 0 Å². The molecule has 0 radical (unpaired) electrons. The Balaban J connectivity index is 0.000000169. The Hall–Kier alpha value is -1.24. The zero-order valence-corrected chi connectivity index (χ0v) is 17.5. The summed E-state index contributed by atoms with van der Waals surface area (Å²) in [6.07, 6.45) is 0. The Kier molecular flexibility index (Phi) is 5.95. The Labute approximate surface area is 159 Å². The van der Waals surface area contributed by atoms with Crippen molar-refractivity contribution in [2.75, 3.05) is 0 Å². The van der Waals surface area contributed by atoms with Crippen molar-refractivity contribution in [1.82, 2.24) is 0 Å². The molecule has 0 unspecified atom stereocenters. The summed E-state index contributed by atoms with van der Waals surface area (Å²) in [6.45, 7) is 7.19. The molecular weight excluding hydrogens is 372 g/mol. The number of hydrogen-bond donors (Lipinski definition) is 0. The van der Waals surface area contributed by atoms with Crippen LogP contribution in [0.1, 0.15) is 0 Å². The molecule has 0 spiro atoms. The summed E-state index contributed by atoms with van der Waals surface area (Å²) in [6, 6.07) is 27.9. The Morgan fingerprint density at radius 3 is 2.09 bits per heavy atom. The average molecular weight is 394 g/mol. The number of fused-ring (bicyclic) bond motifs is 2. The van der Waals surface area contributed by atoms with Crippen molar-refractivity contribution < 1.29 is 26.2 Å². The maximum Gasteiger partial charge on any atom is 2.00 e. The van der Waals surface area contributed by atoms with Crippen LogP contribution in [0.4, 0.5) is 0 Å². The van der Waals surface area contributed by atoms with Gasteiger partial charge in [-0.05, 0) is 0 Å². The van der Waals surface area contributed by atoms with Crippen LogP contribution in [0.25, 0.3) is 21.5 Å². The fraction of sp³-hybridized carbons (Fsp3) is 0.143. The van der Waals surface area contributed by atoms with Gasteiger partial charge in [-0.15, -0.1) is 59.3 Å². The van der Waals surface area contributed by atoms with Crippen LogP contribution in [0.3, 0.4) is 0 Å². The van der Waals surface area contributed by atoms with Gasteiger partial charge in [-0.2, -0.15) is 34.2 Å². The minimum Gasteiger partial charge on any atom is -0.168 e. The van der Waals surface area contributed by atoms with Crippen LogP contribution in [0.15, 0.2) is 78.9 Å². The third-order valence-corrected chi connectivity index (χ3v) is 6.09. The summed E-state index contributed by atoms with van der Waals surface area (Å²) in [5.74, 6) is 0. The fourth-order valence-electron chi connectivity index (χ4n) is 2.87. The first kappa shape index (κ1) is 18.1. The van der Waals surface area contributed by atoms with Crippen LogP contribution in [-0.2, 0) is 26.2 Å². The monoisotopic (exact) mass is 392 g/mol. The van der Waals surface area contributed by atoms with E-state index in [9.17, 15) is 0 Å². The summed E-state index contributed by atoms with van der Waals surface area (Å²) in [7, 11) is -1.15. The van der Waals surface area contributed by atoms with E-state index in [0.717, 1.165) is 0 Å². The van der Waals surface area contributed by atoms with Crippen LogP contribution >= 0.6 is 0 Å². The Morgan fingerprint density at radius 2 is 1.39 bits per heavy atom. The van der Waals surface area contributed by atoms with Gasteiger partial charge in [-0.25, -0.2) is 0 Å². The van der Waals surface area contributed by atoms with E-state index in [2.05, 4.69) is 98.5 Å². The van der Waals surface area contributed by atoms with Crippen molar-refractivity contribution in [2.24, 2.45) is 0 Å². The second-order valence-electron chi connectivity index (χ2n) is 6.74. The third kappa shape index (κ3) is 4.19. The third-order valence-electron chi connectivity index (χ3n) is 4.04. The first-order chi connectivity index (χ1) is 10.6. The maximum atomic E-state index is 2.40. The van der Waals surface area contributed by atoms with E-state index in [1.54, 1.807) is 5.19 Å². The van der Waals surface area contributed by atoms with Crippen LogP contribution in [0.5, 0.6) is 0 Å². The van der Waals surface area contributed by atoms with E-state index in [0.29, 0.717) is 0 Å². The molecule has 4 aromatic rings. The van der Waals surface area contributed by atoms with Crippen LogP contribution < -0.4 is 5.19 Å². The van der Waals surface area contributed by atoms with Gasteiger partial charge >= 0.3 is 26.2 Å². The van der Waals surface area contributed by atoms with Gasteiger partial charge in [0, 0.05) is 8.07 Å². The Morgan fingerprint density at radius 1 is 0.739 bits per heavy atom. The molecule has 0 heterocycles. The molecule has 0 amide bonds. The molecule has 4 rings (SSSR count). The first-order valence-electron chi connectivity index (χ1n) is 7.81. The van der Waals surface area contributed by atoms with Gasteiger partial charge in [0.2, 0.25) is 0 Å². The summed E-state index contributed by atoms with van der Waals surface area (Å²) < 4.78 is 0. The van der Waals surface area contributed by atoms with Gasteiger partial charge in [0.25, 0.3) is 0 Å². The average Bonchev–Trinajstić information content (AvgIpc) is 3.14. The van der Waals surface area contributed by atoms with Crippen molar-refractivity contribution in [3.8, 4) is 0 Å². The molecule has 0 nitrogen and oxygen atoms in total. The number of rotatable bonds is 1. The molecule has 4 aromatic carbocycles. The van der Waals surface area contributed by atoms with Crippen molar-refractivity contribution in [2.45, 2.75) is 19.6 Å². The van der Waals surface area contributed by atoms with Crippen LogP contribution in [0.2, 0.25) is 19.6 Å². The van der Waals surface area contributed by atoms with Crippen molar-refractivity contribution in [3.05, 3.63) is 78.9 Å². The quantitative estimate of drug-likeness (QED) is 0.289. The van der Waals surface area contributed by atoms with E-state index in [4.69, 9.17) is 0 Å². The summed E-state index contributed by atoms with van der Waals surface area (Å²) >= 11 is 0. The second-order valence-corrected chi connectivity index (χ2v) is 11.8. The van der Waals surface area contributed by atoms with Crippen LogP contribution in [0, 0.1) is 0 Å². The van der Waals surface area contributed by atoms with Crippen molar-refractivity contribution in [3.63, 3.8) is 0 Å².